The zero-order chi connectivity index (χ0) is 12.3. The number of aromatic nitrogens is 3. The quantitative estimate of drug-likeness (QED) is 0.818. The Morgan fingerprint density at radius 2 is 2.06 bits per heavy atom. The van der Waals surface area contributed by atoms with Gasteiger partial charge in [0, 0.05) is 6.20 Å². The Hall–Kier alpha value is -1.90. The van der Waals surface area contributed by atoms with E-state index in [0.717, 1.165) is 6.42 Å². The molecule has 0 atom stereocenters. The monoisotopic (exact) mass is 229 g/mol. The van der Waals surface area contributed by atoms with Gasteiger partial charge >= 0.3 is 0 Å². The third-order valence-electron chi connectivity index (χ3n) is 2.33. The van der Waals surface area contributed by atoms with E-state index in [9.17, 15) is 0 Å². The average molecular weight is 229 g/mol. The lowest BCUT2D eigenvalue weighted by atomic mass is 10.0. The summed E-state index contributed by atoms with van der Waals surface area (Å²) >= 11 is 0. The molecule has 2 aromatic rings. The summed E-state index contributed by atoms with van der Waals surface area (Å²) in [6, 6.07) is 8.60. The maximum absolute atomic E-state index is 3.76. The second-order valence-electron chi connectivity index (χ2n) is 3.67. The molecular formula is C14H19N3. The lowest BCUT2D eigenvalue weighted by molar-refractivity contribution is 0.906. The van der Waals surface area contributed by atoms with Crippen LogP contribution in [0.5, 0.6) is 0 Å². The van der Waals surface area contributed by atoms with E-state index in [0.29, 0.717) is 0 Å². The Labute approximate surface area is 103 Å². The van der Waals surface area contributed by atoms with Crippen LogP contribution >= 0.6 is 0 Å². The van der Waals surface area contributed by atoms with Crippen molar-refractivity contribution in [2.24, 2.45) is 0 Å². The Morgan fingerprint density at radius 3 is 2.53 bits per heavy atom. The first-order chi connectivity index (χ1) is 8.38. The molecule has 0 saturated heterocycles. The first-order valence-corrected chi connectivity index (χ1v) is 5.86. The van der Waals surface area contributed by atoms with Gasteiger partial charge in [-0.05, 0) is 24.0 Å². The molecule has 3 heteroatoms. The highest BCUT2D eigenvalue weighted by Gasteiger charge is 1.97. The summed E-state index contributed by atoms with van der Waals surface area (Å²) in [6.07, 6.45) is 8.60. The van der Waals surface area contributed by atoms with Crippen LogP contribution in [0.25, 0.3) is 0 Å². The van der Waals surface area contributed by atoms with Crippen LogP contribution in [0, 0.1) is 0 Å². The molecule has 0 spiro atoms. The summed E-state index contributed by atoms with van der Waals surface area (Å²) in [5.74, 6) is 0. The highest BCUT2D eigenvalue weighted by Crippen LogP contribution is 2.11. The van der Waals surface area contributed by atoms with E-state index in [4.69, 9.17) is 0 Å². The molecule has 0 aliphatic carbocycles. The number of allylic oxidation sites excluding steroid dienone is 1. The van der Waals surface area contributed by atoms with Crippen molar-refractivity contribution in [1.82, 2.24) is 15.4 Å². The molecular weight excluding hydrogens is 210 g/mol. The SMILES string of the molecule is C=CCc1ccccc1CCC.c1c[nH]nn1. The van der Waals surface area contributed by atoms with Crippen molar-refractivity contribution in [2.75, 3.05) is 0 Å². The van der Waals surface area contributed by atoms with Crippen molar-refractivity contribution in [3.63, 3.8) is 0 Å². The van der Waals surface area contributed by atoms with E-state index in [1.807, 2.05) is 6.08 Å². The van der Waals surface area contributed by atoms with Gasteiger partial charge in [-0.3, -0.25) is 5.10 Å². The predicted octanol–water partition coefficient (Wildman–Crippen LogP) is 3.17. The van der Waals surface area contributed by atoms with Crippen LogP contribution in [0.2, 0.25) is 0 Å². The van der Waals surface area contributed by atoms with Gasteiger partial charge in [-0.2, -0.15) is 0 Å². The average Bonchev–Trinajstić information content (AvgIpc) is 2.91. The summed E-state index contributed by atoms with van der Waals surface area (Å²) in [6.45, 7) is 5.97. The van der Waals surface area contributed by atoms with E-state index in [-0.39, 0.29) is 0 Å². The van der Waals surface area contributed by atoms with E-state index in [2.05, 4.69) is 53.2 Å². The minimum Gasteiger partial charge on any atom is -0.266 e. The number of aromatic amines is 1. The van der Waals surface area contributed by atoms with Gasteiger partial charge in [-0.15, -0.1) is 11.7 Å². The maximum atomic E-state index is 3.76. The zero-order valence-corrected chi connectivity index (χ0v) is 10.3. The van der Waals surface area contributed by atoms with Gasteiger partial charge in [0.05, 0.1) is 6.20 Å². The molecule has 90 valence electrons. The summed E-state index contributed by atoms with van der Waals surface area (Å²) < 4.78 is 0. The number of aryl methyl sites for hydroxylation is 1. The molecule has 0 radical (unpaired) electrons. The molecule has 0 fully saturated rings. The Morgan fingerprint density at radius 1 is 1.29 bits per heavy atom. The lowest BCUT2D eigenvalue weighted by Gasteiger charge is -2.05. The number of H-pyrrole nitrogens is 1. The summed E-state index contributed by atoms with van der Waals surface area (Å²) in [5.41, 5.74) is 2.90. The van der Waals surface area contributed by atoms with Crippen molar-refractivity contribution in [3.05, 3.63) is 60.4 Å². The van der Waals surface area contributed by atoms with Gasteiger partial charge < -0.3 is 0 Å². The molecule has 1 aromatic carbocycles. The molecule has 0 amide bonds. The Balaban J connectivity index is 0.000000239. The largest absolute Gasteiger partial charge is 0.266 e. The summed E-state index contributed by atoms with van der Waals surface area (Å²) in [5, 5.41) is 9.26. The van der Waals surface area contributed by atoms with Crippen molar-refractivity contribution >= 4 is 0 Å². The van der Waals surface area contributed by atoms with Crippen molar-refractivity contribution in [2.45, 2.75) is 26.2 Å². The van der Waals surface area contributed by atoms with Gasteiger partial charge in [0.15, 0.2) is 0 Å². The fourth-order valence-corrected chi connectivity index (χ4v) is 1.59. The highest BCUT2D eigenvalue weighted by atomic mass is 15.3. The molecule has 0 aliphatic rings. The highest BCUT2D eigenvalue weighted by molar-refractivity contribution is 5.28. The van der Waals surface area contributed by atoms with Gasteiger partial charge in [-0.25, -0.2) is 0 Å². The molecule has 17 heavy (non-hydrogen) atoms. The van der Waals surface area contributed by atoms with E-state index >= 15 is 0 Å². The van der Waals surface area contributed by atoms with Crippen molar-refractivity contribution < 1.29 is 0 Å². The summed E-state index contributed by atoms with van der Waals surface area (Å²) in [7, 11) is 0. The second-order valence-corrected chi connectivity index (χ2v) is 3.67. The van der Waals surface area contributed by atoms with Gasteiger partial charge in [-0.1, -0.05) is 48.9 Å². The Kier molecular flexibility index (Phi) is 6.41. The van der Waals surface area contributed by atoms with Crippen LogP contribution in [0.1, 0.15) is 24.5 Å². The van der Waals surface area contributed by atoms with E-state index in [1.54, 1.807) is 12.4 Å². The number of hydrogen-bond donors (Lipinski definition) is 1. The molecule has 0 aliphatic heterocycles. The summed E-state index contributed by atoms with van der Waals surface area (Å²) in [4.78, 5) is 0. The van der Waals surface area contributed by atoms with E-state index in [1.165, 1.54) is 24.0 Å². The maximum Gasteiger partial charge on any atom is 0.0690 e. The number of benzene rings is 1. The molecule has 3 nitrogen and oxygen atoms in total. The van der Waals surface area contributed by atoms with Gasteiger partial charge in [0.25, 0.3) is 0 Å². The van der Waals surface area contributed by atoms with Crippen LogP contribution in [0.4, 0.5) is 0 Å². The fourth-order valence-electron chi connectivity index (χ4n) is 1.59. The first-order valence-electron chi connectivity index (χ1n) is 5.86. The van der Waals surface area contributed by atoms with Crippen molar-refractivity contribution in [3.8, 4) is 0 Å². The number of nitrogens with one attached hydrogen (secondary N) is 1. The topological polar surface area (TPSA) is 41.6 Å². The predicted molar refractivity (Wildman–Crippen MR) is 70.7 cm³/mol. The molecule has 0 unspecified atom stereocenters. The van der Waals surface area contributed by atoms with Crippen LogP contribution < -0.4 is 0 Å². The van der Waals surface area contributed by atoms with Gasteiger partial charge in [0.2, 0.25) is 0 Å². The molecule has 1 N–H and O–H groups in total. The number of hydrogen-bond acceptors (Lipinski definition) is 2. The first kappa shape index (κ1) is 13.2. The normalized spacial score (nSPS) is 9.24. The van der Waals surface area contributed by atoms with Gasteiger partial charge in [0.1, 0.15) is 0 Å². The smallest absolute Gasteiger partial charge is 0.0690 e. The van der Waals surface area contributed by atoms with Crippen LogP contribution in [-0.2, 0) is 12.8 Å². The van der Waals surface area contributed by atoms with Crippen LogP contribution in [0.3, 0.4) is 0 Å². The molecule has 1 aromatic heterocycles. The lowest BCUT2D eigenvalue weighted by Crippen LogP contribution is -1.91. The second kappa shape index (κ2) is 8.28. The number of rotatable bonds is 4. The third-order valence-corrected chi connectivity index (χ3v) is 2.33. The standard InChI is InChI=1S/C12H16.C2H3N3/c1-3-7-11-9-5-6-10-12(11)8-4-2;1-2-4-5-3-1/h3,5-6,9-10H,1,4,7-8H2,2H3;1-2H,(H,3,4,5). The van der Waals surface area contributed by atoms with E-state index < -0.39 is 0 Å². The van der Waals surface area contributed by atoms with Crippen LogP contribution in [-0.4, -0.2) is 15.4 Å². The molecule has 2 rings (SSSR count). The minimum absolute atomic E-state index is 0.996. The third kappa shape index (κ3) is 5.11. The Bertz CT molecular complexity index is 390. The van der Waals surface area contributed by atoms with Crippen molar-refractivity contribution in [1.29, 1.82) is 0 Å². The molecule has 0 saturated carbocycles. The molecule has 0 bridgehead atoms. The van der Waals surface area contributed by atoms with Crippen LogP contribution in [0.15, 0.2) is 49.3 Å². The number of nitrogens with zero attached hydrogens (tertiary/aromatic N) is 2. The molecule has 1 heterocycles. The fraction of sp³-hybridized carbons (Fsp3) is 0.286. The zero-order valence-electron chi connectivity index (χ0n) is 10.3. The minimum atomic E-state index is 0.996.